The predicted octanol–water partition coefficient (Wildman–Crippen LogP) is 1.26. The molecule has 1 aromatic heterocycles. The highest BCUT2D eigenvalue weighted by molar-refractivity contribution is 5.34. The van der Waals surface area contributed by atoms with Gasteiger partial charge < -0.3 is 14.8 Å². The number of nitrogens with zero attached hydrogens (tertiary/aromatic N) is 3. The molecule has 0 bridgehead atoms. The fourth-order valence-corrected chi connectivity index (χ4v) is 2.66. The van der Waals surface area contributed by atoms with E-state index in [-0.39, 0.29) is 0 Å². The van der Waals surface area contributed by atoms with Gasteiger partial charge in [-0.2, -0.15) is 0 Å². The van der Waals surface area contributed by atoms with Crippen molar-refractivity contribution in [3.63, 3.8) is 0 Å². The Hall–Kier alpha value is -1.03. The van der Waals surface area contributed by atoms with Crippen LogP contribution in [-0.2, 0) is 0 Å². The van der Waals surface area contributed by atoms with Crippen molar-refractivity contribution in [3.8, 4) is 0 Å². The molecular formula is C12H20N4. The topological polar surface area (TPSA) is 33.1 Å². The van der Waals surface area contributed by atoms with Crippen molar-refractivity contribution in [2.75, 3.05) is 31.6 Å². The highest BCUT2D eigenvalue weighted by Gasteiger charge is 2.30. The SMILES string of the molecule is CNCC1CCN(c2nccn2C2CC2)C1. The molecule has 1 N–H and O–H groups in total. The zero-order valence-corrected chi connectivity index (χ0v) is 9.89. The first-order valence-corrected chi connectivity index (χ1v) is 6.31. The molecule has 0 amide bonds. The van der Waals surface area contributed by atoms with E-state index >= 15 is 0 Å². The maximum Gasteiger partial charge on any atom is 0.205 e. The summed E-state index contributed by atoms with van der Waals surface area (Å²) in [5.74, 6) is 1.98. The van der Waals surface area contributed by atoms with E-state index < -0.39 is 0 Å². The molecule has 4 nitrogen and oxygen atoms in total. The monoisotopic (exact) mass is 220 g/mol. The largest absolute Gasteiger partial charge is 0.342 e. The van der Waals surface area contributed by atoms with E-state index in [1.165, 1.54) is 25.2 Å². The number of hydrogen-bond acceptors (Lipinski definition) is 3. The third-order valence-electron chi connectivity index (χ3n) is 3.65. The van der Waals surface area contributed by atoms with Gasteiger partial charge in [-0.15, -0.1) is 0 Å². The molecule has 1 unspecified atom stereocenters. The second-order valence-electron chi connectivity index (χ2n) is 5.02. The quantitative estimate of drug-likeness (QED) is 0.829. The second kappa shape index (κ2) is 4.09. The van der Waals surface area contributed by atoms with Gasteiger partial charge in [0.05, 0.1) is 0 Å². The maximum absolute atomic E-state index is 4.52. The Labute approximate surface area is 96.7 Å². The van der Waals surface area contributed by atoms with Crippen molar-refractivity contribution in [2.45, 2.75) is 25.3 Å². The summed E-state index contributed by atoms with van der Waals surface area (Å²) in [6.45, 7) is 3.45. The number of hydrogen-bond donors (Lipinski definition) is 1. The first kappa shape index (κ1) is 10.1. The van der Waals surface area contributed by atoms with Gasteiger partial charge in [-0.25, -0.2) is 4.98 Å². The van der Waals surface area contributed by atoms with Crippen molar-refractivity contribution >= 4 is 5.95 Å². The molecule has 2 fully saturated rings. The van der Waals surface area contributed by atoms with E-state index in [0.29, 0.717) is 0 Å². The number of aromatic nitrogens is 2. The van der Waals surface area contributed by atoms with Gasteiger partial charge in [-0.3, -0.25) is 0 Å². The van der Waals surface area contributed by atoms with Crippen LogP contribution in [0.2, 0.25) is 0 Å². The van der Waals surface area contributed by atoms with Gasteiger partial charge in [-0.05, 0) is 38.8 Å². The summed E-state index contributed by atoms with van der Waals surface area (Å²) >= 11 is 0. The summed E-state index contributed by atoms with van der Waals surface area (Å²) in [4.78, 5) is 6.97. The molecule has 3 rings (SSSR count). The van der Waals surface area contributed by atoms with Crippen molar-refractivity contribution < 1.29 is 0 Å². The molecule has 1 saturated heterocycles. The van der Waals surface area contributed by atoms with Gasteiger partial charge in [0.15, 0.2) is 0 Å². The van der Waals surface area contributed by atoms with Crippen LogP contribution in [0, 0.1) is 5.92 Å². The van der Waals surface area contributed by atoms with Crippen molar-refractivity contribution in [1.82, 2.24) is 14.9 Å². The van der Waals surface area contributed by atoms with Gasteiger partial charge in [0, 0.05) is 31.5 Å². The normalized spacial score (nSPS) is 25.3. The first-order valence-electron chi connectivity index (χ1n) is 6.31. The molecule has 2 aliphatic rings. The average Bonchev–Trinajstić information content (AvgIpc) is 2.84. The molecule has 1 aliphatic carbocycles. The lowest BCUT2D eigenvalue weighted by molar-refractivity contribution is 0.547. The minimum atomic E-state index is 0.737. The zero-order valence-electron chi connectivity index (χ0n) is 9.89. The number of imidazole rings is 1. The third-order valence-corrected chi connectivity index (χ3v) is 3.65. The van der Waals surface area contributed by atoms with Crippen molar-refractivity contribution in [3.05, 3.63) is 12.4 Å². The Morgan fingerprint density at radius 3 is 3.06 bits per heavy atom. The number of anilines is 1. The lowest BCUT2D eigenvalue weighted by Crippen LogP contribution is -2.26. The van der Waals surface area contributed by atoms with Crippen LogP contribution >= 0.6 is 0 Å². The van der Waals surface area contributed by atoms with E-state index in [2.05, 4.69) is 26.0 Å². The molecule has 1 atom stereocenters. The van der Waals surface area contributed by atoms with Crippen LogP contribution in [0.1, 0.15) is 25.3 Å². The molecule has 0 radical (unpaired) electrons. The van der Waals surface area contributed by atoms with E-state index in [4.69, 9.17) is 0 Å². The summed E-state index contributed by atoms with van der Waals surface area (Å²) in [6, 6.07) is 0.737. The minimum absolute atomic E-state index is 0.737. The van der Waals surface area contributed by atoms with E-state index in [1.807, 2.05) is 13.2 Å². The standard InChI is InChI=1S/C12H20N4/c1-13-8-10-4-6-15(9-10)12-14-5-7-16(12)11-2-3-11/h5,7,10-11,13H,2-4,6,8-9H2,1H3. The minimum Gasteiger partial charge on any atom is -0.342 e. The molecular weight excluding hydrogens is 200 g/mol. The lowest BCUT2D eigenvalue weighted by Gasteiger charge is -2.19. The molecule has 1 aromatic rings. The van der Waals surface area contributed by atoms with Crippen LogP contribution in [0.5, 0.6) is 0 Å². The van der Waals surface area contributed by atoms with Crippen LogP contribution in [0.3, 0.4) is 0 Å². The van der Waals surface area contributed by atoms with Crippen molar-refractivity contribution in [1.29, 1.82) is 0 Å². The van der Waals surface area contributed by atoms with Gasteiger partial charge >= 0.3 is 0 Å². The van der Waals surface area contributed by atoms with E-state index in [9.17, 15) is 0 Å². The smallest absolute Gasteiger partial charge is 0.205 e. The molecule has 2 heterocycles. The number of rotatable bonds is 4. The van der Waals surface area contributed by atoms with Crippen molar-refractivity contribution in [2.24, 2.45) is 5.92 Å². The Balaban J connectivity index is 1.70. The highest BCUT2D eigenvalue weighted by atomic mass is 15.3. The summed E-state index contributed by atoms with van der Waals surface area (Å²) in [7, 11) is 2.04. The van der Waals surface area contributed by atoms with E-state index in [1.54, 1.807) is 0 Å². The Morgan fingerprint density at radius 1 is 1.44 bits per heavy atom. The predicted molar refractivity (Wildman–Crippen MR) is 64.7 cm³/mol. The molecule has 0 aromatic carbocycles. The summed E-state index contributed by atoms with van der Waals surface area (Å²) in [5, 5.41) is 3.27. The van der Waals surface area contributed by atoms with Crippen LogP contribution in [0.15, 0.2) is 12.4 Å². The molecule has 1 aliphatic heterocycles. The van der Waals surface area contributed by atoms with Crippen LogP contribution in [-0.4, -0.2) is 36.2 Å². The average molecular weight is 220 g/mol. The summed E-state index contributed by atoms with van der Waals surface area (Å²) in [5.41, 5.74) is 0. The third kappa shape index (κ3) is 1.82. The first-order chi connectivity index (χ1) is 7.88. The number of nitrogens with one attached hydrogen (secondary N) is 1. The zero-order chi connectivity index (χ0) is 11.0. The Morgan fingerprint density at radius 2 is 2.31 bits per heavy atom. The van der Waals surface area contributed by atoms with Crippen LogP contribution < -0.4 is 10.2 Å². The fraction of sp³-hybridized carbons (Fsp3) is 0.750. The van der Waals surface area contributed by atoms with Gasteiger partial charge in [0.2, 0.25) is 5.95 Å². The van der Waals surface area contributed by atoms with E-state index in [0.717, 1.165) is 31.6 Å². The molecule has 88 valence electrons. The summed E-state index contributed by atoms with van der Waals surface area (Å²) < 4.78 is 2.36. The van der Waals surface area contributed by atoms with Gasteiger partial charge in [0.25, 0.3) is 0 Å². The van der Waals surface area contributed by atoms with Crippen LogP contribution in [0.25, 0.3) is 0 Å². The Bertz CT molecular complexity index is 356. The molecule has 4 heteroatoms. The molecule has 0 spiro atoms. The molecule has 16 heavy (non-hydrogen) atoms. The Kier molecular flexibility index (Phi) is 2.59. The lowest BCUT2D eigenvalue weighted by atomic mass is 10.1. The highest BCUT2D eigenvalue weighted by Crippen LogP contribution is 2.38. The van der Waals surface area contributed by atoms with Gasteiger partial charge in [0.1, 0.15) is 0 Å². The fourth-order valence-electron chi connectivity index (χ4n) is 2.66. The summed E-state index contributed by atoms with van der Waals surface area (Å²) in [6.07, 6.45) is 8.03. The van der Waals surface area contributed by atoms with Crippen LogP contribution in [0.4, 0.5) is 5.95 Å². The molecule has 1 saturated carbocycles. The van der Waals surface area contributed by atoms with Gasteiger partial charge in [-0.1, -0.05) is 0 Å². The maximum atomic E-state index is 4.52. The second-order valence-corrected chi connectivity index (χ2v) is 5.02.